The predicted molar refractivity (Wildman–Crippen MR) is 125 cm³/mol. The molecule has 33 heavy (non-hydrogen) atoms. The molecule has 1 aliphatic rings. The molecule has 1 amide bonds. The van der Waals surface area contributed by atoms with Gasteiger partial charge in [-0.2, -0.15) is 0 Å². The summed E-state index contributed by atoms with van der Waals surface area (Å²) in [6.45, 7) is 2.90. The second-order valence-electron chi connectivity index (χ2n) is 7.69. The molecule has 0 atom stereocenters. The van der Waals surface area contributed by atoms with Gasteiger partial charge in [0.2, 0.25) is 0 Å². The van der Waals surface area contributed by atoms with E-state index in [-0.39, 0.29) is 12.2 Å². The molecule has 1 heterocycles. The molecule has 1 fully saturated rings. The topological polar surface area (TPSA) is 32.8 Å². The molecule has 0 unspecified atom stereocenters. The Bertz CT molecular complexity index is 1110. The van der Waals surface area contributed by atoms with Crippen LogP contribution in [-0.4, -0.2) is 42.1 Å². The fourth-order valence-corrected chi connectivity index (χ4v) is 4.65. The van der Waals surface area contributed by atoms with E-state index in [0.717, 1.165) is 17.5 Å². The Morgan fingerprint density at radius 2 is 1.61 bits per heavy atom. The lowest BCUT2D eigenvalue weighted by Crippen LogP contribution is -2.48. The van der Waals surface area contributed by atoms with Gasteiger partial charge in [-0.3, -0.25) is 4.90 Å². The number of carbonyl (C=O) groups is 1. The van der Waals surface area contributed by atoms with Crippen LogP contribution < -0.4 is 0 Å². The first kappa shape index (κ1) is 23.5. The second-order valence-corrected chi connectivity index (χ2v) is 9.25. The number of amides is 1. The Morgan fingerprint density at radius 3 is 2.36 bits per heavy atom. The van der Waals surface area contributed by atoms with Crippen molar-refractivity contribution in [1.29, 1.82) is 0 Å². The third kappa shape index (κ3) is 6.25. The first-order chi connectivity index (χ1) is 16.0. The summed E-state index contributed by atoms with van der Waals surface area (Å²) in [5, 5.41) is 0.713. The van der Waals surface area contributed by atoms with E-state index in [1.165, 1.54) is 22.6 Å². The van der Waals surface area contributed by atoms with Crippen LogP contribution in [0.1, 0.15) is 11.1 Å². The van der Waals surface area contributed by atoms with Crippen LogP contribution in [0.5, 0.6) is 0 Å². The summed E-state index contributed by atoms with van der Waals surface area (Å²) in [4.78, 5) is 18.6. The molecule has 8 heteroatoms. The van der Waals surface area contributed by atoms with Crippen molar-refractivity contribution in [2.24, 2.45) is 0 Å². The highest BCUT2D eigenvalue weighted by Crippen LogP contribution is 2.32. The number of nitrogens with zero attached hydrogens (tertiary/aromatic N) is 2. The van der Waals surface area contributed by atoms with Gasteiger partial charge in [0.25, 0.3) is 0 Å². The molecule has 0 bridgehead atoms. The second kappa shape index (κ2) is 11.0. The van der Waals surface area contributed by atoms with Gasteiger partial charge >= 0.3 is 6.09 Å². The van der Waals surface area contributed by atoms with Crippen LogP contribution in [0.15, 0.2) is 76.5 Å². The molecule has 0 spiro atoms. The van der Waals surface area contributed by atoms with Crippen LogP contribution >= 0.6 is 23.4 Å². The molecular weight excluding hydrogens is 466 g/mol. The molecule has 4 rings (SSSR count). The number of carbonyl (C=O) groups excluding carboxylic acids is 1. The van der Waals surface area contributed by atoms with Crippen LogP contribution in [0.2, 0.25) is 5.02 Å². The lowest BCUT2D eigenvalue weighted by molar-refractivity contribution is 0.0691. The zero-order chi connectivity index (χ0) is 23.2. The number of hydrogen-bond donors (Lipinski definition) is 0. The summed E-state index contributed by atoms with van der Waals surface area (Å²) in [5.74, 6) is -1.93. The number of benzene rings is 3. The fraction of sp³-hybridized carbons (Fsp3) is 0.240. The van der Waals surface area contributed by atoms with Gasteiger partial charge in [-0.15, -0.1) is 0 Å². The summed E-state index contributed by atoms with van der Waals surface area (Å²) in [7, 11) is 0. The van der Waals surface area contributed by atoms with E-state index in [9.17, 15) is 13.6 Å². The molecular formula is C25H23ClF2N2O2S. The molecule has 172 valence electrons. The minimum Gasteiger partial charge on any atom is -0.444 e. The first-order valence-corrected chi connectivity index (χ1v) is 11.8. The average molecular weight is 489 g/mol. The van der Waals surface area contributed by atoms with Crippen molar-refractivity contribution in [3.8, 4) is 0 Å². The molecule has 0 N–H and O–H groups in total. The summed E-state index contributed by atoms with van der Waals surface area (Å²) >= 11 is 7.68. The maximum Gasteiger partial charge on any atom is 0.410 e. The molecule has 3 aromatic rings. The van der Waals surface area contributed by atoms with Crippen LogP contribution in [0, 0.1) is 11.6 Å². The fourth-order valence-electron chi connectivity index (χ4n) is 3.58. The number of hydrogen-bond acceptors (Lipinski definition) is 4. The maximum absolute atomic E-state index is 13.7. The molecule has 0 radical (unpaired) electrons. The number of ether oxygens (including phenoxy) is 1. The van der Waals surface area contributed by atoms with Crippen molar-refractivity contribution in [1.82, 2.24) is 9.80 Å². The van der Waals surface area contributed by atoms with Crippen molar-refractivity contribution in [2.45, 2.75) is 22.9 Å². The highest BCUT2D eigenvalue weighted by Gasteiger charge is 2.23. The predicted octanol–water partition coefficient (Wildman–Crippen LogP) is 6.22. The Balaban J connectivity index is 1.29. The molecule has 1 aliphatic heterocycles. The number of rotatable bonds is 6. The van der Waals surface area contributed by atoms with Crippen molar-refractivity contribution >= 4 is 29.5 Å². The Morgan fingerprint density at radius 1 is 0.909 bits per heavy atom. The zero-order valence-electron chi connectivity index (χ0n) is 17.8. The quantitative estimate of drug-likeness (QED) is 0.412. The van der Waals surface area contributed by atoms with Gasteiger partial charge in [0, 0.05) is 53.1 Å². The van der Waals surface area contributed by atoms with Gasteiger partial charge in [-0.05, 0) is 42.0 Å². The first-order valence-electron chi connectivity index (χ1n) is 10.6. The molecule has 4 nitrogen and oxygen atoms in total. The van der Waals surface area contributed by atoms with Gasteiger partial charge in [-0.25, -0.2) is 13.6 Å². The van der Waals surface area contributed by atoms with E-state index >= 15 is 0 Å². The van der Waals surface area contributed by atoms with E-state index < -0.39 is 17.7 Å². The summed E-state index contributed by atoms with van der Waals surface area (Å²) in [6.07, 6.45) is -0.517. The summed E-state index contributed by atoms with van der Waals surface area (Å²) in [6, 6.07) is 19.9. The number of piperazine rings is 1. The van der Waals surface area contributed by atoms with E-state index in [0.29, 0.717) is 31.2 Å². The van der Waals surface area contributed by atoms with Gasteiger partial charge in [0.05, 0.1) is 0 Å². The van der Waals surface area contributed by atoms with Gasteiger partial charge in [-0.1, -0.05) is 53.7 Å². The molecule has 0 aliphatic carbocycles. The summed E-state index contributed by atoms with van der Waals surface area (Å²) in [5.41, 5.74) is 1.24. The third-order valence-corrected chi connectivity index (χ3v) is 6.80. The smallest absolute Gasteiger partial charge is 0.410 e. The van der Waals surface area contributed by atoms with E-state index in [2.05, 4.69) is 17.0 Å². The monoisotopic (exact) mass is 488 g/mol. The maximum atomic E-state index is 13.7. The van der Waals surface area contributed by atoms with Gasteiger partial charge < -0.3 is 9.64 Å². The normalized spacial score (nSPS) is 14.3. The molecule has 3 aromatic carbocycles. The highest BCUT2D eigenvalue weighted by molar-refractivity contribution is 7.99. The Kier molecular flexibility index (Phi) is 7.85. The Labute approximate surface area is 201 Å². The van der Waals surface area contributed by atoms with Gasteiger partial charge in [0.1, 0.15) is 6.61 Å². The SMILES string of the molecule is O=C(OCc1cccc(F)c1F)N1CCN(Cc2ccccc2Sc2ccc(Cl)cc2)CC1. The standard InChI is InChI=1S/C25H23ClF2N2O2S/c26-20-8-10-21(11-9-20)33-23-7-2-1-4-18(23)16-29-12-14-30(15-13-29)25(31)32-17-19-5-3-6-22(27)24(19)28/h1-11H,12-17H2. The van der Waals surface area contributed by atoms with Crippen LogP contribution in [0.4, 0.5) is 13.6 Å². The summed E-state index contributed by atoms with van der Waals surface area (Å²) < 4.78 is 32.3. The minimum atomic E-state index is -0.981. The minimum absolute atomic E-state index is 0.0248. The average Bonchev–Trinajstić information content (AvgIpc) is 2.83. The number of halogens is 3. The van der Waals surface area contributed by atoms with Crippen LogP contribution in [0.3, 0.4) is 0 Å². The highest BCUT2D eigenvalue weighted by atomic mass is 35.5. The van der Waals surface area contributed by atoms with Gasteiger partial charge in [0.15, 0.2) is 11.6 Å². The molecule has 1 saturated heterocycles. The third-order valence-electron chi connectivity index (χ3n) is 5.42. The Hall–Kier alpha value is -2.61. The van der Waals surface area contributed by atoms with Crippen LogP contribution in [-0.2, 0) is 17.9 Å². The lowest BCUT2D eigenvalue weighted by atomic mass is 10.2. The van der Waals surface area contributed by atoms with Crippen molar-refractivity contribution in [3.05, 3.63) is 94.5 Å². The van der Waals surface area contributed by atoms with E-state index in [1.807, 2.05) is 36.4 Å². The molecule has 0 saturated carbocycles. The molecule has 0 aromatic heterocycles. The van der Waals surface area contributed by atoms with E-state index in [4.69, 9.17) is 16.3 Å². The van der Waals surface area contributed by atoms with Crippen molar-refractivity contribution in [3.63, 3.8) is 0 Å². The van der Waals surface area contributed by atoms with E-state index in [1.54, 1.807) is 16.7 Å². The van der Waals surface area contributed by atoms with Crippen molar-refractivity contribution in [2.75, 3.05) is 26.2 Å². The lowest BCUT2D eigenvalue weighted by Gasteiger charge is -2.34. The van der Waals surface area contributed by atoms with Crippen molar-refractivity contribution < 1.29 is 18.3 Å². The van der Waals surface area contributed by atoms with Crippen LogP contribution in [0.25, 0.3) is 0 Å². The largest absolute Gasteiger partial charge is 0.444 e. The zero-order valence-corrected chi connectivity index (χ0v) is 19.4.